The van der Waals surface area contributed by atoms with Gasteiger partial charge >= 0.3 is 12.1 Å². The normalized spacial score (nSPS) is 23.5. The number of hydrogen-bond acceptors (Lipinski definition) is 5. The van der Waals surface area contributed by atoms with Crippen LogP contribution in [0.15, 0.2) is 0 Å². The van der Waals surface area contributed by atoms with Gasteiger partial charge in [-0.25, -0.2) is 18.0 Å². The first-order valence-corrected chi connectivity index (χ1v) is 6.77. The van der Waals surface area contributed by atoms with Crippen molar-refractivity contribution in [3.63, 3.8) is 0 Å². The third-order valence-corrected chi connectivity index (χ3v) is 3.53. The summed E-state index contributed by atoms with van der Waals surface area (Å²) >= 11 is 0. The van der Waals surface area contributed by atoms with E-state index in [1.807, 2.05) is 0 Å². The van der Waals surface area contributed by atoms with E-state index in [-0.39, 0.29) is 0 Å². The number of aliphatic carboxylic acids is 1. The first kappa shape index (κ1) is 13.8. The smallest absolute Gasteiger partial charge is 0.411 e. The van der Waals surface area contributed by atoms with Crippen LogP contribution in [0.4, 0.5) is 4.79 Å². The second-order valence-electron chi connectivity index (χ2n) is 4.84. The highest BCUT2D eigenvalue weighted by molar-refractivity contribution is 7.91. The highest BCUT2D eigenvalue weighted by Gasteiger charge is 2.44. The Morgan fingerprint density at radius 1 is 1.35 bits per heavy atom. The van der Waals surface area contributed by atoms with Crippen molar-refractivity contribution < 1.29 is 27.9 Å². The second kappa shape index (κ2) is 4.17. The molecule has 0 saturated carbocycles. The predicted molar refractivity (Wildman–Crippen MR) is 58.2 cm³/mol. The fourth-order valence-corrected chi connectivity index (χ4v) is 3.01. The summed E-state index contributed by atoms with van der Waals surface area (Å²) in [7, 11) is -3.55. The lowest BCUT2D eigenvalue weighted by molar-refractivity contribution is -0.141. The zero-order valence-corrected chi connectivity index (χ0v) is 10.7. The average molecular weight is 265 g/mol. The molecule has 8 heteroatoms. The molecule has 1 amide bonds. The number of carboxylic acids is 1. The number of carboxylic acid groups (broad SMARTS) is 1. The van der Waals surface area contributed by atoms with Crippen LogP contribution in [0.5, 0.6) is 0 Å². The summed E-state index contributed by atoms with van der Waals surface area (Å²) in [6, 6.07) is -1.37. The highest BCUT2D eigenvalue weighted by Crippen LogP contribution is 2.19. The van der Waals surface area contributed by atoms with Gasteiger partial charge in [-0.1, -0.05) is 0 Å². The summed E-state index contributed by atoms with van der Waals surface area (Å²) in [6.07, 6.45) is -0.925. The van der Waals surface area contributed by atoms with Crippen molar-refractivity contribution in [2.75, 3.05) is 11.6 Å². The number of rotatable bonds is 1. The minimum absolute atomic E-state index is 0.568. The molecule has 1 fully saturated rings. The fourth-order valence-electron chi connectivity index (χ4n) is 1.39. The van der Waals surface area contributed by atoms with Gasteiger partial charge in [0.25, 0.3) is 0 Å². The molecule has 0 spiro atoms. The van der Waals surface area contributed by atoms with E-state index in [1.54, 1.807) is 20.8 Å². The van der Waals surface area contributed by atoms with E-state index < -0.39 is 45.2 Å². The minimum Gasteiger partial charge on any atom is -0.480 e. The summed E-state index contributed by atoms with van der Waals surface area (Å²) in [6.45, 7) is 4.85. The van der Waals surface area contributed by atoms with Gasteiger partial charge in [-0.05, 0) is 20.8 Å². The Balaban J connectivity index is 2.89. The van der Waals surface area contributed by atoms with Gasteiger partial charge in [0.05, 0.1) is 5.75 Å². The summed E-state index contributed by atoms with van der Waals surface area (Å²) in [5.74, 6) is -2.53. The minimum atomic E-state index is -3.55. The maximum Gasteiger partial charge on any atom is 0.411 e. The molecule has 1 aliphatic heterocycles. The molecule has 1 N–H and O–H groups in total. The van der Waals surface area contributed by atoms with Gasteiger partial charge in [0.2, 0.25) is 0 Å². The number of hydrogen-bond donors (Lipinski definition) is 1. The molecule has 0 aliphatic carbocycles. The number of carbonyl (C=O) groups is 2. The van der Waals surface area contributed by atoms with Crippen molar-refractivity contribution in [3.05, 3.63) is 0 Å². The third-order valence-electron chi connectivity index (χ3n) is 2.04. The van der Waals surface area contributed by atoms with Crippen molar-refractivity contribution in [2.24, 2.45) is 0 Å². The van der Waals surface area contributed by atoms with E-state index in [9.17, 15) is 18.0 Å². The Hall–Kier alpha value is -1.31. The van der Waals surface area contributed by atoms with Gasteiger partial charge in [-0.3, -0.25) is 4.90 Å². The zero-order chi connectivity index (χ0) is 13.4. The molecule has 0 aromatic carbocycles. The van der Waals surface area contributed by atoms with Gasteiger partial charge in [-0.15, -0.1) is 0 Å². The first-order valence-electron chi connectivity index (χ1n) is 4.95. The van der Waals surface area contributed by atoms with E-state index >= 15 is 0 Å². The molecule has 1 rings (SSSR count). The monoisotopic (exact) mass is 265 g/mol. The van der Waals surface area contributed by atoms with Crippen LogP contribution in [0.3, 0.4) is 0 Å². The van der Waals surface area contributed by atoms with Crippen molar-refractivity contribution in [1.82, 2.24) is 4.90 Å². The van der Waals surface area contributed by atoms with Crippen LogP contribution >= 0.6 is 0 Å². The SMILES string of the molecule is CC(C)(C)OC(=O)N1CS(=O)(=O)C[C@@H]1C(=O)O. The molecule has 1 heterocycles. The molecular formula is C9H15NO6S. The zero-order valence-electron chi connectivity index (χ0n) is 9.84. The second-order valence-corrected chi connectivity index (χ2v) is 6.92. The first-order chi connectivity index (χ1) is 7.52. The number of ether oxygens (including phenoxy) is 1. The summed E-state index contributed by atoms with van der Waals surface area (Å²) in [5, 5.41) is 8.85. The molecule has 0 aromatic rings. The van der Waals surface area contributed by atoms with E-state index in [0.717, 1.165) is 4.90 Å². The van der Waals surface area contributed by atoms with Crippen LogP contribution in [0, 0.1) is 0 Å². The fraction of sp³-hybridized carbons (Fsp3) is 0.778. The lowest BCUT2D eigenvalue weighted by Crippen LogP contribution is -2.44. The summed E-state index contributed by atoms with van der Waals surface area (Å²) < 4.78 is 27.6. The topological polar surface area (TPSA) is 101 Å². The Bertz CT molecular complexity index is 435. The van der Waals surface area contributed by atoms with Crippen molar-refractivity contribution in [1.29, 1.82) is 0 Å². The Morgan fingerprint density at radius 3 is 2.29 bits per heavy atom. The maximum absolute atomic E-state index is 11.6. The van der Waals surface area contributed by atoms with Gasteiger partial charge in [0.15, 0.2) is 9.84 Å². The van der Waals surface area contributed by atoms with Gasteiger partial charge < -0.3 is 9.84 Å². The summed E-state index contributed by atoms with van der Waals surface area (Å²) in [5.41, 5.74) is -0.799. The Labute approximate surface area is 99.3 Å². The van der Waals surface area contributed by atoms with Crippen LogP contribution in [0.25, 0.3) is 0 Å². The largest absolute Gasteiger partial charge is 0.480 e. The molecule has 0 unspecified atom stereocenters. The molecule has 98 valence electrons. The van der Waals surface area contributed by atoms with Gasteiger partial charge in [-0.2, -0.15) is 0 Å². The van der Waals surface area contributed by atoms with Crippen LogP contribution in [-0.4, -0.2) is 53.8 Å². The van der Waals surface area contributed by atoms with E-state index in [4.69, 9.17) is 9.84 Å². The van der Waals surface area contributed by atoms with Crippen molar-refractivity contribution in [2.45, 2.75) is 32.4 Å². The lowest BCUT2D eigenvalue weighted by Gasteiger charge is -2.25. The van der Waals surface area contributed by atoms with Crippen LogP contribution < -0.4 is 0 Å². The van der Waals surface area contributed by atoms with E-state index in [0.29, 0.717) is 0 Å². The molecule has 0 radical (unpaired) electrons. The molecule has 0 bridgehead atoms. The molecule has 7 nitrogen and oxygen atoms in total. The molecule has 1 aliphatic rings. The Morgan fingerprint density at radius 2 is 1.88 bits per heavy atom. The van der Waals surface area contributed by atoms with Crippen LogP contribution in [0.1, 0.15) is 20.8 Å². The molecule has 1 atom stereocenters. The number of sulfone groups is 1. The Kier molecular flexibility index (Phi) is 3.37. The predicted octanol–water partition coefficient (Wildman–Crippen LogP) is 0.0626. The molecule has 0 aromatic heterocycles. The van der Waals surface area contributed by atoms with Crippen molar-refractivity contribution >= 4 is 21.9 Å². The highest BCUT2D eigenvalue weighted by atomic mass is 32.2. The van der Waals surface area contributed by atoms with Gasteiger partial charge in [0, 0.05) is 0 Å². The average Bonchev–Trinajstić information content (AvgIpc) is 2.38. The molecule has 1 saturated heterocycles. The number of carbonyl (C=O) groups excluding carboxylic acids is 1. The summed E-state index contributed by atoms with van der Waals surface area (Å²) in [4.78, 5) is 23.2. The molecule has 17 heavy (non-hydrogen) atoms. The maximum atomic E-state index is 11.6. The third kappa shape index (κ3) is 3.58. The van der Waals surface area contributed by atoms with Crippen LogP contribution in [-0.2, 0) is 19.4 Å². The lowest BCUT2D eigenvalue weighted by atomic mass is 10.2. The quantitative estimate of drug-likeness (QED) is 0.719. The van der Waals surface area contributed by atoms with Crippen LogP contribution in [0.2, 0.25) is 0 Å². The van der Waals surface area contributed by atoms with Crippen molar-refractivity contribution in [3.8, 4) is 0 Å². The molecular weight excluding hydrogens is 250 g/mol. The number of amides is 1. The van der Waals surface area contributed by atoms with E-state index in [2.05, 4.69) is 0 Å². The van der Waals surface area contributed by atoms with Gasteiger partial charge in [0.1, 0.15) is 17.5 Å². The number of nitrogens with zero attached hydrogens (tertiary/aromatic N) is 1. The van der Waals surface area contributed by atoms with E-state index in [1.165, 1.54) is 0 Å². The standard InChI is InChI=1S/C9H15NO6S/c1-9(2,3)16-8(13)10-5-17(14,15)4-6(10)7(11)12/h6H,4-5H2,1-3H3,(H,11,12)/t6-/m1/s1.